The second-order valence-electron chi connectivity index (χ2n) is 4.24. The first-order valence-corrected chi connectivity index (χ1v) is 5.71. The van der Waals surface area contributed by atoms with Gasteiger partial charge in [-0.2, -0.15) is 0 Å². The summed E-state index contributed by atoms with van der Waals surface area (Å²) in [6, 6.07) is 5.78. The molecule has 17 heavy (non-hydrogen) atoms. The van der Waals surface area contributed by atoms with Crippen molar-refractivity contribution in [3.8, 4) is 17.0 Å². The summed E-state index contributed by atoms with van der Waals surface area (Å²) in [5, 5.41) is 3.98. The highest BCUT2D eigenvalue weighted by atomic mass is 16.5. The number of anilines is 1. The Labute approximate surface area is 99.4 Å². The monoisotopic (exact) mass is 230 g/mol. The third-order valence-corrected chi connectivity index (χ3v) is 3.27. The second kappa shape index (κ2) is 3.80. The Kier molecular flexibility index (Phi) is 2.28. The predicted molar refractivity (Wildman–Crippen MR) is 64.9 cm³/mol. The molecule has 0 saturated carbocycles. The third kappa shape index (κ3) is 1.56. The van der Waals surface area contributed by atoms with Crippen LogP contribution < -0.4 is 10.5 Å². The van der Waals surface area contributed by atoms with Gasteiger partial charge < -0.3 is 15.0 Å². The molecule has 88 valence electrons. The molecule has 0 unspecified atom stereocenters. The van der Waals surface area contributed by atoms with E-state index in [0.717, 1.165) is 36.3 Å². The summed E-state index contributed by atoms with van der Waals surface area (Å²) < 4.78 is 10.3. The van der Waals surface area contributed by atoms with Gasteiger partial charge in [0.25, 0.3) is 0 Å². The molecule has 0 radical (unpaired) electrons. The molecule has 4 nitrogen and oxygen atoms in total. The van der Waals surface area contributed by atoms with Crippen molar-refractivity contribution >= 4 is 5.88 Å². The van der Waals surface area contributed by atoms with Crippen LogP contribution in [0.3, 0.4) is 0 Å². The molecule has 0 fully saturated rings. The van der Waals surface area contributed by atoms with Crippen molar-refractivity contribution in [2.45, 2.75) is 19.3 Å². The van der Waals surface area contributed by atoms with Gasteiger partial charge >= 0.3 is 0 Å². The predicted octanol–water partition coefficient (Wildman–Crippen LogP) is 2.42. The zero-order valence-electron chi connectivity index (χ0n) is 9.69. The second-order valence-corrected chi connectivity index (χ2v) is 4.24. The van der Waals surface area contributed by atoms with Crippen LogP contribution in [0.1, 0.15) is 17.5 Å². The Bertz CT molecular complexity index is 561. The molecule has 1 aromatic heterocycles. The van der Waals surface area contributed by atoms with Crippen molar-refractivity contribution in [2.24, 2.45) is 0 Å². The topological polar surface area (TPSA) is 61.3 Å². The maximum Gasteiger partial charge on any atom is 0.222 e. The SMILES string of the molecule is COc1ccc(-c2cc(N)on2)c2c1CCC2. The molecule has 3 rings (SSSR count). The molecule has 0 bridgehead atoms. The summed E-state index contributed by atoms with van der Waals surface area (Å²) >= 11 is 0. The van der Waals surface area contributed by atoms with Crippen molar-refractivity contribution in [3.05, 3.63) is 29.3 Å². The van der Waals surface area contributed by atoms with Crippen molar-refractivity contribution in [1.82, 2.24) is 5.16 Å². The average molecular weight is 230 g/mol. The summed E-state index contributed by atoms with van der Waals surface area (Å²) in [6.07, 6.45) is 3.30. The molecule has 4 heteroatoms. The molecule has 2 aromatic rings. The molecule has 0 amide bonds. The third-order valence-electron chi connectivity index (χ3n) is 3.27. The van der Waals surface area contributed by atoms with Crippen molar-refractivity contribution in [1.29, 1.82) is 0 Å². The minimum absolute atomic E-state index is 0.350. The number of hydrogen-bond acceptors (Lipinski definition) is 4. The van der Waals surface area contributed by atoms with E-state index in [1.54, 1.807) is 13.2 Å². The fourth-order valence-corrected chi connectivity index (χ4v) is 2.52. The number of benzene rings is 1. The Morgan fingerprint density at radius 2 is 2.12 bits per heavy atom. The molecule has 0 atom stereocenters. The number of rotatable bonds is 2. The highest BCUT2D eigenvalue weighted by Gasteiger charge is 2.21. The van der Waals surface area contributed by atoms with Gasteiger partial charge in [-0.1, -0.05) is 5.16 Å². The first-order chi connectivity index (χ1) is 8.29. The molecule has 1 aliphatic carbocycles. The lowest BCUT2D eigenvalue weighted by molar-refractivity contribution is 0.410. The van der Waals surface area contributed by atoms with Crippen LogP contribution in [-0.4, -0.2) is 12.3 Å². The zero-order valence-corrected chi connectivity index (χ0v) is 9.69. The summed E-state index contributed by atoms with van der Waals surface area (Å²) in [5.41, 5.74) is 10.1. The number of methoxy groups -OCH3 is 1. The standard InChI is InChI=1S/C13H14N2O2/c1-16-12-6-5-9(8-3-2-4-10(8)12)11-7-13(14)17-15-11/h5-7H,2-4,14H2,1H3. The van der Waals surface area contributed by atoms with E-state index in [0.29, 0.717) is 5.88 Å². The highest BCUT2D eigenvalue weighted by molar-refractivity contribution is 5.69. The summed E-state index contributed by atoms with van der Waals surface area (Å²) in [7, 11) is 1.71. The summed E-state index contributed by atoms with van der Waals surface area (Å²) in [4.78, 5) is 0. The van der Waals surface area contributed by atoms with E-state index in [4.69, 9.17) is 15.0 Å². The van der Waals surface area contributed by atoms with Gasteiger partial charge in [-0.15, -0.1) is 0 Å². The molecule has 0 spiro atoms. The number of hydrogen-bond donors (Lipinski definition) is 1. The van der Waals surface area contributed by atoms with Crippen LogP contribution in [0.5, 0.6) is 5.75 Å². The lowest BCUT2D eigenvalue weighted by atomic mass is 10.00. The van der Waals surface area contributed by atoms with Crippen LogP contribution in [0.4, 0.5) is 5.88 Å². The maximum atomic E-state index is 5.56. The molecule has 1 heterocycles. The van der Waals surface area contributed by atoms with Gasteiger partial charge in [0.1, 0.15) is 11.4 Å². The largest absolute Gasteiger partial charge is 0.496 e. The van der Waals surface area contributed by atoms with Gasteiger partial charge in [-0.05, 0) is 42.5 Å². The van der Waals surface area contributed by atoms with E-state index >= 15 is 0 Å². The molecular weight excluding hydrogens is 216 g/mol. The molecule has 1 aromatic carbocycles. The molecule has 1 aliphatic rings. The Morgan fingerprint density at radius 3 is 2.82 bits per heavy atom. The number of aromatic nitrogens is 1. The van der Waals surface area contributed by atoms with Crippen molar-refractivity contribution in [2.75, 3.05) is 12.8 Å². The fourth-order valence-electron chi connectivity index (χ4n) is 2.52. The molecule has 2 N–H and O–H groups in total. The Morgan fingerprint density at radius 1 is 1.29 bits per heavy atom. The van der Waals surface area contributed by atoms with E-state index in [1.807, 2.05) is 12.1 Å². The number of nitrogen functional groups attached to an aromatic ring is 1. The Balaban J connectivity index is 2.16. The quantitative estimate of drug-likeness (QED) is 0.860. The van der Waals surface area contributed by atoms with Crippen LogP contribution >= 0.6 is 0 Å². The van der Waals surface area contributed by atoms with Gasteiger partial charge in [0.2, 0.25) is 5.88 Å². The zero-order chi connectivity index (χ0) is 11.8. The van der Waals surface area contributed by atoms with Crippen LogP contribution in [0.25, 0.3) is 11.3 Å². The first kappa shape index (κ1) is 10.2. The van der Waals surface area contributed by atoms with Crippen LogP contribution in [0, 0.1) is 0 Å². The summed E-state index contributed by atoms with van der Waals surface area (Å²) in [6.45, 7) is 0. The van der Waals surface area contributed by atoms with Gasteiger partial charge in [0.15, 0.2) is 0 Å². The minimum atomic E-state index is 0.350. The van der Waals surface area contributed by atoms with Gasteiger partial charge in [-0.3, -0.25) is 0 Å². The minimum Gasteiger partial charge on any atom is -0.496 e. The maximum absolute atomic E-state index is 5.56. The first-order valence-electron chi connectivity index (χ1n) is 5.71. The van der Waals surface area contributed by atoms with Crippen LogP contribution in [0.15, 0.2) is 22.7 Å². The number of fused-ring (bicyclic) bond motifs is 1. The molecule has 0 saturated heterocycles. The average Bonchev–Trinajstić information content (AvgIpc) is 2.96. The van der Waals surface area contributed by atoms with E-state index in [9.17, 15) is 0 Å². The van der Waals surface area contributed by atoms with Gasteiger partial charge in [-0.25, -0.2) is 0 Å². The van der Waals surface area contributed by atoms with Crippen LogP contribution in [-0.2, 0) is 12.8 Å². The van der Waals surface area contributed by atoms with E-state index in [2.05, 4.69) is 5.16 Å². The summed E-state index contributed by atoms with van der Waals surface area (Å²) in [5.74, 6) is 1.32. The molecule has 0 aliphatic heterocycles. The highest BCUT2D eigenvalue weighted by Crippen LogP contribution is 2.37. The smallest absolute Gasteiger partial charge is 0.222 e. The number of ether oxygens (including phenoxy) is 1. The van der Waals surface area contributed by atoms with Crippen molar-refractivity contribution in [3.63, 3.8) is 0 Å². The van der Waals surface area contributed by atoms with E-state index in [-0.39, 0.29) is 0 Å². The fraction of sp³-hybridized carbons (Fsp3) is 0.308. The number of nitrogens with two attached hydrogens (primary N) is 1. The Hall–Kier alpha value is -1.97. The number of nitrogens with zero attached hydrogens (tertiary/aromatic N) is 1. The normalized spacial score (nSPS) is 13.7. The van der Waals surface area contributed by atoms with Gasteiger partial charge in [0, 0.05) is 11.6 Å². The van der Waals surface area contributed by atoms with Crippen molar-refractivity contribution < 1.29 is 9.26 Å². The van der Waals surface area contributed by atoms with Crippen LogP contribution in [0.2, 0.25) is 0 Å². The lowest BCUT2D eigenvalue weighted by Crippen LogP contribution is -1.94. The molecular formula is C13H14N2O2. The van der Waals surface area contributed by atoms with E-state index < -0.39 is 0 Å². The lowest BCUT2D eigenvalue weighted by Gasteiger charge is -2.10. The van der Waals surface area contributed by atoms with Gasteiger partial charge in [0.05, 0.1) is 7.11 Å². The van der Waals surface area contributed by atoms with E-state index in [1.165, 1.54) is 11.1 Å².